The van der Waals surface area contributed by atoms with Crippen molar-refractivity contribution in [3.8, 4) is 0 Å². The van der Waals surface area contributed by atoms with Crippen LogP contribution >= 0.6 is 0 Å². The fraction of sp³-hybridized carbons (Fsp3) is 0. The number of rotatable bonds is 0. The molecular formula is H13Na13. The summed E-state index contributed by atoms with van der Waals surface area (Å²) in [5.41, 5.74) is 0. The summed E-state index contributed by atoms with van der Waals surface area (Å²) in [6, 6.07) is 0. The van der Waals surface area contributed by atoms with Crippen LogP contribution in [0.5, 0.6) is 0 Å². The third-order valence-corrected chi connectivity index (χ3v) is 0. The molecule has 0 saturated heterocycles. The zero-order valence-electron chi connectivity index (χ0n) is 26.0. The van der Waals surface area contributed by atoms with E-state index in [1.165, 1.54) is 0 Å². The van der Waals surface area contributed by atoms with Gasteiger partial charge in [0.25, 0.3) is 0 Å². The Bertz CT molecular complexity index is 26.0. The van der Waals surface area contributed by atoms with E-state index >= 15 is 0 Å². The summed E-state index contributed by atoms with van der Waals surface area (Å²) in [6.07, 6.45) is 0. The van der Waals surface area contributed by atoms with E-state index in [1.54, 1.807) is 0 Å². The van der Waals surface area contributed by atoms with E-state index in [-0.39, 0.29) is 403 Å². The van der Waals surface area contributed by atoms with Crippen LogP contribution in [0.15, 0.2) is 0 Å². The summed E-state index contributed by atoms with van der Waals surface area (Å²) >= 11 is 0. The van der Waals surface area contributed by atoms with Crippen LogP contribution in [0.3, 0.4) is 0 Å². The Kier molecular flexibility index (Phi) is 630. The monoisotopic (exact) mass is 312 g/mol. The van der Waals surface area contributed by atoms with Crippen LogP contribution < -0.4 is 384 Å². The Hall–Kier alpha value is 13.0. The van der Waals surface area contributed by atoms with Crippen molar-refractivity contribution >= 4 is 0 Å². The largest absolute Gasteiger partial charge is 1.00 e. The standard InChI is InChI=1S/13Na.13H/q13*+1;13*-1. The molecule has 0 bridgehead atoms. The molecule has 0 fully saturated rings. The molecule has 13 heavy (non-hydrogen) atoms. The maximum atomic E-state index is 0. The van der Waals surface area contributed by atoms with Gasteiger partial charge in [-0.05, 0) is 0 Å². The van der Waals surface area contributed by atoms with Crippen molar-refractivity contribution < 1.29 is 403 Å². The van der Waals surface area contributed by atoms with Crippen LogP contribution in [0.2, 0.25) is 0 Å². The van der Waals surface area contributed by atoms with Gasteiger partial charge in [-0.2, -0.15) is 0 Å². The first-order valence-corrected chi connectivity index (χ1v) is 0. The van der Waals surface area contributed by atoms with Gasteiger partial charge in [-0.3, -0.25) is 0 Å². The normalized spacial score (nSPS) is 0. The van der Waals surface area contributed by atoms with Gasteiger partial charge >= 0.3 is 384 Å². The Morgan fingerprint density at radius 3 is 0.154 bits per heavy atom. The van der Waals surface area contributed by atoms with E-state index in [4.69, 9.17) is 0 Å². The van der Waals surface area contributed by atoms with Crippen molar-refractivity contribution in [1.82, 2.24) is 0 Å². The van der Waals surface area contributed by atoms with Crippen molar-refractivity contribution in [3.63, 3.8) is 0 Å². The molecule has 0 nitrogen and oxygen atoms in total. The summed E-state index contributed by atoms with van der Waals surface area (Å²) in [6.45, 7) is 0. The second-order valence-electron chi connectivity index (χ2n) is 0. The third-order valence-electron chi connectivity index (χ3n) is 0. The molecule has 0 aliphatic heterocycles. The number of hydrogen-bond acceptors (Lipinski definition) is 0. The van der Waals surface area contributed by atoms with Gasteiger partial charge in [0.1, 0.15) is 0 Å². The van der Waals surface area contributed by atoms with Gasteiger partial charge in [0.05, 0.1) is 0 Å². The average molecular weight is 312 g/mol. The van der Waals surface area contributed by atoms with Gasteiger partial charge in [-0.25, -0.2) is 0 Å². The quantitative estimate of drug-likeness (QED) is 0.390. The van der Waals surface area contributed by atoms with E-state index in [2.05, 4.69) is 0 Å². The van der Waals surface area contributed by atoms with E-state index in [9.17, 15) is 0 Å². The van der Waals surface area contributed by atoms with Crippen molar-refractivity contribution in [2.45, 2.75) is 0 Å². The fourth-order valence-corrected chi connectivity index (χ4v) is 0. The van der Waals surface area contributed by atoms with Gasteiger partial charge < -0.3 is 18.5 Å². The van der Waals surface area contributed by atoms with Gasteiger partial charge in [0.15, 0.2) is 0 Å². The molecule has 0 aromatic carbocycles. The molecule has 0 radical (unpaired) electrons. The van der Waals surface area contributed by atoms with Gasteiger partial charge in [-0.1, -0.05) is 0 Å². The molecule has 0 amide bonds. The first-order chi connectivity index (χ1) is 0. The topological polar surface area (TPSA) is 0 Å². The van der Waals surface area contributed by atoms with Crippen LogP contribution in [-0.4, -0.2) is 0 Å². The molecule has 0 spiro atoms. The molecule has 0 aromatic heterocycles. The average Bonchev–Trinajstić information content (AvgIpc) is 0. The van der Waals surface area contributed by atoms with Crippen LogP contribution in [-0.2, 0) is 0 Å². The van der Waals surface area contributed by atoms with E-state index in [1.807, 2.05) is 0 Å². The smallest absolute Gasteiger partial charge is 1.00 e. The molecule has 0 aliphatic carbocycles. The second kappa shape index (κ2) is 85.2. The molecule has 0 unspecified atom stereocenters. The predicted octanol–water partition coefficient (Wildman–Crippen LogP) is -37.5. The molecule has 0 aliphatic rings. The molecule has 0 rings (SSSR count). The summed E-state index contributed by atoms with van der Waals surface area (Å²) in [7, 11) is 0. The van der Waals surface area contributed by atoms with E-state index in [0.717, 1.165) is 0 Å². The third kappa shape index (κ3) is 78.3. The van der Waals surface area contributed by atoms with Crippen molar-refractivity contribution in [1.29, 1.82) is 0 Å². The van der Waals surface area contributed by atoms with Gasteiger partial charge in [0, 0.05) is 0 Å². The second-order valence-corrected chi connectivity index (χ2v) is 0. The summed E-state index contributed by atoms with van der Waals surface area (Å²) in [5.74, 6) is 0. The molecule has 0 aromatic rings. The van der Waals surface area contributed by atoms with Gasteiger partial charge in [0.2, 0.25) is 0 Å². The molecule has 0 heterocycles. The SMILES string of the molecule is [H-].[H-].[H-].[H-].[H-].[H-].[H-].[H-].[H-].[H-].[H-].[H-].[H-].[Na+].[Na+].[Na+].[Na+].[Na+].[Na+].[Na+].[Na+].[Na+].[Na+].[Na+].[Na+].[Na+]. The minimum atomic E-state index is 0. The predicted molar refractivity (Wildman–Crippen MR) is 14.5 cm³/mol. The minimum Gasteiger partial charge on any atom is -1.00 e. The van der Waals surface area contributed by atoms with Crippen LogP contribution in [0.25, 0.3) is 0 Å². The van der Waals surface area contributed by atoms with E-state index < -0.39 is 0 Å². The van der Waals surface area contributed by atoms with Crippen molar-refractivity contribution in [2.24, 2.45) is 0 Å². The van der Waals surface area contributed by atoms with Gasteiger partial charge in [-0.15, -0.1) is 0 Å². The first kappa shape index (κ1) is 96.2. The summed E-state index contributed by atoms with van der Waals surface area (Å²) < 4.78 is 0. The molecule has 13 heteroatoms. The van der Waals surface area contributed by atoms with Crippen molar-refractivity contribution in [3.05, 3.63) is 0 Å². The number of hydrogen-bond donors (Lipinski definition) is 0. The minimum absolute atomic E-state index is 0. The first-order valence-electron chi connectivity index (χ1n) is 0. The maximum Gasteiger partial charge on any atom is 1.00 e. The van der Waals surface area contributed by atoms with Crippen LogP contribution in [0.4, 0.5) is 0 Å². The summed E-state index contributed by atoms with van der Waals surface area (Å²) in [4.78, 5) is 0. The van der Waals surface area contributed by atoms with Crippen molar-refractivity contribution in [2.75, 3.05) is 0 Å². The van der Waals surface area contributed by atoms with Crippen LogP contribution in [0, 0.1) is 0 Å². The fourth-order valence-electron chi connectivity index (χ4n) is 0. The molecule has 0 saturated carbocycles. The zero-order chi connectivity index (χ0) is 0. The Morgan fingerprint density at radius 2 is 0.154 bits per heavy atom. The Labute approximate surface area is 390 Å². The molecule has 0 N–H and O–H groups in total. The zero-order valence-corrected chi connectivity index (χ0v) is 39.0. The maximum absolute atomic E-state index is 0. The van der Waals surface area contributed by atoms with Crippen LogP contribution in [0.1, 0.15) is 18.5 Å². The summed E-state index contributed by atoms with van der Waals surface area (Å²) in [5, 5.41) is 0. The Balaban J connectivity index is 0. The molecular weight excluding hydrogens is 299 g/mol. The molecule has 26 valence electrons. The Morgan fingerprint density at radius 1 is 0.154 bits per heavy atom. The van der Waals surface area contributed by atoms with E-state index in [0.29, 0.717) is 0 Å². The molecule has 0 atom stereocenters.